The fourth-order valence-corrected chi connectivity index (χ4v) is 7.72. The Balaban J connectivity index is 0.000000272. The number of aromatic carboxylic acids is 1. The number of hydrogen-bond acceptors (Lipinski definition) is 13. The third-order valence-electron chi connectivity index (χ3n) is 11.3. The first kappa shape index (κ1) is 56.8. The molecule has 0 unspecified atom stereocenters. The van der Waals surface area contributed by atoms with Crippen molar-refractivity contribution >= 4 is 50.8 Å². The molecule has 370 valence electrons. The number of benzene rings is 5. The van der Waals surface area contributed by atoms with E-state index in [9.17, 15) is 28.3 Å². The standard InChI is InChI=1S/C30H33F2N3O3.C12H13NO3.C11H11NO3.Li.H2O/c1-3-6-26-25-15-22(9-10-29(25)38-35-26)30(37)34-27(14-21-12-23(31)16-24(32)13-21)28(36)18-33-17-20-8-5-7-19(4-2)11-20;1-3-4-10-9-7-8(12(14)15-2)5-6-11(9)16-13-10;1-2-3-9-8-6-7(11(13)14)4-5-10(8)15-12-9;;/h5,7-13,15-16,27-28,33,36H,3-4,6,14,17-18H2,1-2H3,(H,34,37);5-7H,3-4H2,1-2H3;4-6H,2-3H2,1H3,(H,13,14);;1H2/q;;;+1;/p-1/t27-,28+;;;;/m0..../s1. The number of methoxy groups -OCH3 is 1. The molecule has 0 aliphatic heterocycles. The van der Waals surface area contributed by atoms with E-state index in [0.29, 0.717) is 40.0 Å². The number of hydrogen-bond donors (Lipinski definition) is 4. The second-order valence-electron chi connectivity index (χ2n) is 16.5. The molecule has 15 nitrogen and oxygen atoms in total. The SMILES string of the molecule is CCCc1noc2ccc(C(=O)N[C@@H](Cc3cc(F)cc(F)c3)[C@H](O)CNCc3cccc(CC)c3)cc12.CCCc1noc2ccc(C(=O)O)cc12.CCCc1noc2ccc(C(=O)OC)cc12.[Li+].[OH-]. The van der Waals surface area contributed by atoms with Gasteiger partial charge in [-0.15, -0.1) is 0 Å². The van der Waals surface area contributed by atoms with Crippen LogP contribution in [0, 0.1) is 11.6 Å². The summed E-state index contributed by atoms with van der Waals surface area (Å²) < 4.78 is 48.0. The molecule has 18 heteroatoms. The number of ether oxygens (including phenoxy) is 1. The van der Waals surface area contributed by atoms with E-state index in [0.717, 1.165) is 89.8 Å². The molecule has 0 fully saturated rings. The van der Waals surface area contributed by atoms with E-state index in [-0.39, 0.29) is 48.8 Å². The Hall–Kier alpha value is -6.74. The van der Waals surface area contributed by atoms with Gasteiger partial charge in [0.15, 0.2) is 16.7 Å². The van der Waals surface area contributed by atoms with Crippen molar-refractivity contribution in [2.75, 3.05) is 13.7 Å². The number of carbonyl (C=O) groups excluding carboxylic acids is 2. The Morgan fingerprint density at radius 3 is 1.62 bits per heavy atom. The summed E-state index contributed by atoms with van der Waals surface area (Å²) in [5, 5.41) is 40.4. The zero-order valence-corrected chi connectivity index (χ0v) is 40.8. The number of carboxylic acid groups (broad SMARTS) is 1. The molecule has 71 heavy (non-hydrogen) atoms. The summed E-state index contributed by atoms with van der Waals surface area (Å²) in [6, 6.07) is 25.6. The quantitative estimate of drug-likeness (QED) is 0.0502. The molecule has 0 aliphatic rings. The summed E-state index contributed by atoms with van der Waals surface area (Å²) in [5.74, 6) is -3.11. The van der Waals surface area contributed by atoms with Crippen molar-refractivity contribution in [2.24, 2.45) is 0 Å². The van der Waals surface area contributed by atoms with Crippen LogP contribution in [0.4, 0.5) is 8.78 Å². The van der Waals surface area contributed by atoms with Crippen molar-refractivity contribution in [1.29, 1.82) is 0 Å². The molecule has 0 spiro atoms. The number of nitrogens with one attached hydrogen (secondary N) is 2. The van der Waals surface area contributed by atoms with Gasteiger partial charge in [-0.1, -0.05) is 86.7 Å². The molecule has 8 aromatic rings. The van der Waals surface area contributed by atoms with Gasteiger partial charge in [0.2, 0.25) is 0 Å². The van der Waals surface area contributed by atoms with Gasteiger partial charge in [-0.25, -0.2) is 18.4 Å². The van der Waals surface area contributed by atoms with E-state index < -0.39 is 35.7 Å². The Morgan fingerprint density at radius 2 is 1.13 bits per heavy atom. The number of esters is 1. The largest absolute Gasteiger partial charge is 1.00 e. The van der Waals surface area contributed by atoms with E-state index in [2.05, 4.69) is 56.8 Å². The molecule has 1 amide bonds. The predicted octanol–water partition coefficient (Wildman–Crippen LogP) is 6.99. The molecule has 2 atom stereocenters. The molecule has 3 aromatic heterocycles. The molecule has 5 N–H and O–H groups in total. The van der Waals surface area contributed by atoms with Gasteiger partial charge in [0, 0.05) is 40.9 Å². The maximum atomic E-state index is 13.9. The van der Waals surface area contributed by atoms with Crippen LogP contribution in [0.1, 0.15) is 112 Å². The number of carboxylic acids is 1. The first-order valence-electron chi connectivity index (χ1n) is 23.0. The molecule has 0 aliphatic carbocycles. The van der Waals surface area contributed by atoms with Crippen LogP contribution < -0.4 is 29.5 Å². The number of carbonyl (C=O) groups is 3. The van der Waals surface area contributed by atoms with E-state index in [1.54, 1.807) is 48.5 Å². The predicted molar refractivity (Wildman–Crippen MR) is 259 cm³/mol. The Kier molecular flexibility index (Phi) is 22.1. The first-order valence-corrected chi connectivity index (χ1v) is 23.0. The zero-order chi connectivity index (χ0) is 49.5. The van der Waals surface area contributed by atoms with E-state index in [1.165, 1.54) is 30.9 Å². The summed E-state index contributed by atoms with van der Waals surface area (Å²) in [6.45, 7) is 8.94. The van der Waals surface area contributed by atoms with Crippen LogP contribution in [0.3, 0.4) is 0 Å². The topological polar surface area (TPSA) is 233 Å². The number of amides is 1. The van der Waals surface area contributed by atoms with Gasteiger partial charge < -0.3 is 44.6 Å². The second kappa shape index (κ2) is 27.6. The first-order chi connectivity index (χ1) is 33.3. The van der Waals surface area contributed by atoms with Crippen LogP contribution in [-0.4, -0.2) is 74.8 Å². The Labute approximate surface area is 421 Å². The molecule has 0 saturated heterocycles. The number of rotatable bonds is 18. The molecule has 8 rings (SSSR count). The molecule has 0 bridgehead atoms. The summed E-state index contributed by atoms with van der Waals surface area (Å²) >= 11 is 0. The van der Waals surface area contributed by atoms with Gasteiger partial charge in [0.25, 0.3) is 5.91 Å². The maximum Gasteiger partial charge on any atom is 1.00 e. The number of fused-ring (bicyclic) bond motifs is 3. The number of aryl methyl sites for hydroxylation is 4. The molecule has 0 saturated carbocycles. The van der Waals surface area contributed by atoms with Gasteiger partial charge in [0.05, 0.1) is 47.5 Å². The fourth-order valence-electron chi connectivity index (χ4n) is 7.72. The van der Waals surface area contributed by atoms with Crippen LogP contribution in [0.15, 0.2) is 111 Å². The van der Waals surface area contributed by atoms with Crippen LogP contribution >= 0.6 is 0 Å². The minimum atomic E-state index is -1.02. The van der Waals surface area contributed by atoms with Crippen molar-refractivity contribution in [3.05, 3.63) is 159 Å². The Morgan fingerprint density at radius 1 is 0.648 bits per heavy atom. The van der Waals surface area contributed by atoms with E-state index in [4.69, 9.17) is 18.7 Å². The van der Waals surface area contributed by atoms with E-state index >= 15 is 0 Å². The van der Waals surface area contributed by atoms with Gasteiger partial charge in [-0.05, 0) is 116 Å². The van der Waals surface area contributed by atoms with E-state index in [1.807, 2.05) is 26.0 Å². The summed E-state index contributed by atoms with van der Waals surface area (Å²) in [7, 11) is 1.37. The summed E-state index contributed by atoms with van der Waals surface area (Å²) in [5.41, 5.74) is 8.24. The number of aromatic nitrogens is 3. The monoisotopic (exact) mass is 969 g/mol. The average Bonchev–Trinajstić information content (AvgIpc) is 4.07. The van der Waals surface area contributed by atoms with Gasteiger partial charge in [-0.3, -0.25) is 4.79 Å². The smallest absolute Gasteiger partial charge is 0.870 e. The normalized spacial score (nSPS) is 11.6. The number of halogens is 2. The van der Waals surface area contributed by atoms with Crippen LogP contribution in [0.5, 0.6) is 0 Å². The van der Waals surface area contributed by atoms with Crippen LogP contribution in [-0.2, 0) is 43.4 Å². The number of aliphatic hydroxyl groups is 1. The molecular weight excluding hydrogens is 912 g/mol. The van der Waals surface area contributed by atoms with Crippen LogP contribution in [0.2, 0.25) is 0 Å². The molecule has 3 heterocycles. The van der Waals surface area contributed by atoms with Crippen LogP contribution in [0.25, 0.3) is 32.9 Å². The van der Waals surface area contributed by atoms with Gasteiger partial charge in [-0.2, -0.15) is 0 Å². The molecule has 0 radical (unpaired) electrons. The van der Waals surface area contributed by atoms with Crippen molar-refractivity contribution in [2.45, 2.75) is 97.8 Å². The summed E-state index contributed by atoms with van der Waals surface area (Å²) in [4.78, 5) is 35.4. The molecule has 5 aromatic carbocycles. The molecular formula is C53H58F2LiN5O10. The number of aliphatic hydroxyl groups excluding tert-OH is 1. The summed E-state index contributed by atoms with van der Waals surface area (Å²) in [6.07, 6.45) is 5.15. The third-order valence-corrected chi connectivity index (χ3v) is 11.3. The van der Waals surface area contributed by atoms with Crippen molar-refractivity contribution in [3.8, 4) is 0 Å². The third kappa shape index (κ3) is 15.4. The van der Waals surface area contributed by atoms with Crippen molar-refractivity contribution in [1.82, 2.24) is 26.1 Å². The minimum Gasteiger partial charge on any atom is -0.870 e. The second-order valence-corrected chi connectivity index (χ2v) is 16.5. The minimum absolute atomic E-state index is 0. The van der Waals surface area contributed by atoms with Crippen molar-refractivity contribution in [3.63, 3.8) is 0 Å². The average molecular weight is 970 g/mol. The maximum absolute atomic E-state index is 13.9. The van der Waals surface area contributed by atoms with Gasteiger partial charge in [0.1, 0.15) is 11.6 Å². The van der Waals surface area contributed by atoms with Crippen molar-refractivity contribution < 1.29 is 76.0 Å². The zero-order valence-electron chi connectivity index (χ0n) is 40.8. The van der Waals surface area contributed by atoms with Gasteiger partial charge >= 0.3 is 30.8 Å². The Bertz CT molecular complexity index is 2990. The fraction of sp³-hybridized carbons (Fsp3) is 0.321. The number of nitrogens with zero attached hydrogens (tertiary/aromatic N) is 3.